The fourth-order valence-corrected chi connectivity index (χ4v) is 3.72. The maximum Gasteiger partial charge on any atom is 0.241 e. The molecule has 0 spiro atoms. The van der Waals surface area contributed by atoms with E-state index in [0.717, 1.165) is 16.1 Å². The summed E-state index contributed by atoms with van der Waals surface area (Å²) in [4.78, 5) is 12.2. The average Bonchev–Trinajstić information content (AvgIpc) is 2.51. The highest BCUT2D eigenvalue weighted by Gasteiger charge is 2.23. The van der Waals surface area contributed by atoms with Gasteiger partial charge in [-0.1, -0.05) is 53.0 Å². The molecule has 5 nitrogen and oxygen atoms in total. The third-order valence-corrected chi connectivity index (χ3v) is 5.33. The molecule has 0 atom stereocenters. The first-order valence-corrected chi connectivity index (χ1v) is 10.1. The molecule has 9 heteroatoms. The Hall–Kier alpha value is -1.47. The van der Waals surface area contributed by atoms with Crippen molar-refractivity contribution < 1.29 is 13.2 Å². The van der Waals surface area contributed by atoms with Gasteiger partial charge in [0.15, 0.2) is 0 Å². The van der Waals surface area contributed by atoms with Gasteiger partial charge >= 0.3 is 0 Å². The molecule has 0 aliphatic rings. The molecule has 0 radical (unpaired) electrons. The van der Waals surface area contributed by atoms with Crippen molar-refractivity contribution in [2.24, 2.45) is 0 Å². The number of amides is 1. The van der Waals surface area contributed by atoms with Crippen LogP contribution < -0.4 is 9.62 Å². The van der Waals surface area contributed by atoms with Gasteiger partial charge in [0, 0.05) is 16.6 Å². The summed E-state index contributed by atoms with van der Waals surface area (Å²) in [5, 5.41) is 3.66. The molecule has 0 aromatic heterocycles. The van der Waals surface area contributed by atoms with E-state index >= 15 is 0 Å². The number of nitrogens with one attached hydrogen (secondary N) is 1. The number of hydrogen-bond donors (Lipinski definition) is 1. The molecule has 0 saturated heterocycles. The lowest BCUT2D eigenvalue weighted by atomic mass is 10.2. The van der Waals surface area contributed by atoms with Crippen molar-refractivity contribution in [1.29, 1.82) is 0 Å². The van der Waals surface area contributed by atoms with E-state index in [1.54, 1.807) is 24.3 Å². The Morgan fingerprint density at radius 2 is 1.76 bits per heavy atom. The molecule has 1 amide bonds. The first kappa shape index (κ1) is 19.8. The van der Waals surface area contributed by atoms with E-state index in [2.05, 4.69) is 5.32 Å². The van der Waals surface area contributed by atoms with E-state index in [1.807, 2.05) is 0 Å². The number of sulfonamides is 1. The molecule has 0 aliphatic carbocycles. The normalized spacial score (nSPS) is 11.2. The van der Waals surface area contributed by atoms with Crippen molar-refractivity contribution >= 4 is 56.4 Å². The van der Waals surface area contributed by atoms with Crippen LogP contribution in [0.15, 0.2) is 42.5 Å². The number of anilines is 1. The molecular weight excluding hydrogens is 407 g/mol. The standard InChI is InChI=1S/C16H15Cl3N2O3S/c1-25(23,24)21(15-7-6-12(17)8-14(15)19)10-16(22)20-9-11-4-2-3-5-13(11)18/h2-8H,9-10H2,1H3,(H,20,22). The third-order valence-electron chi connectivity index (χ3n) is 3.30. The summed E-state index contributed by atoms with van der Waals surface area (Å²) in [5.41, 5.74) is 0.911. The molecule has 0 heterocycles. The van der Waals surface area contributed by atoms with Crippen LogP contribution in [0.4, 0.5) is 5.69 Å². The van der Waals surface area contributed by atoms with Crippen LogP contribution in [0.3, 0.4) is 0 Å². The molecular formula is C16H15Cl3N2O3S. The lowest BCUT2D eigenvalue weighted by Crippen LogP contribution is -2.40. The van der Waals surface area contributed by atoms with Crippen LogP contribution in [-0.2, 0) is 21.4 Å². The zero-order valence-corrected chi connectivity index (χ0v) is 16.3. The van der Waals surface area contributed by atoms with E-state index in [-0.39, 0.29) is 17.3 Å². The summed E-state index contributed by atoms with van der Waals surface area (Å²) in [5.74, 6) is -0.489. The van der Waals surface area contributed by atoms with Crippen LogP contribution in [-0.4, -0.2) is 27.1 Å². The van der Waals surface area contributed by atoms with Crippen LogP contribution in [0, 0.1) is 0 Å². The highest BCUT2D eigenvalue weighted by Crippen LogP contribution is 2.30. The third kappa shape index (κ3) is 5.51. The molecule has 1 N–H and O–H groups in total. The molecule has 25 heavy (non-hydrogen) atoms. The number of halogens is 3. The molecule has 0 saturated carbocycles. The van der Waals surface area contributed by atoms with Gasteiger partial charge in [0.1, 0.15) is 6.54 Å². The lowest BCUT2D eigenvalue weighted by Gasteiger charge is -2.23. The van der Waals surface area contributed by atoms with Gasteiger partial charge in [-0.3, -0.25) is 9.10 Å². The van der Waals surface area contributed by atoms with Crippen LogP contribution >= 0.6 is 34.8 Å². The number of benzene rings is 2. The van der Waals surface area contributed by atoms with Crippen LogP contribution in [0.5, 0.6) is 0 Å². The Morgan fingerprint density at radius 3 is 2.36 bits per heavy atom. The van der Waals surface area contributed by atoms with Crippen molar-refractivity contribution in [3.8, 4) is 0 Å². The van der Waals surface area contributed by atoms with E-state index in [9.17, 15) is 13.2 Å². The van der Waals surface area contributed by atoms with Crippen molar-refractivity contribution in [3.05, 3.63) is 63.1 Å². The predicted octanol–water partition coefficient (Wildman–Crippen LogP) is 3.73. The maximum absolute atomic E-state index is 12.2. The highest BCUT2D eigenvalue weighted by atomic mass is 35.5. The summed E-state index contributed by atoms with van der Waals surface area (Å²) in [6.07, 6.45) is 0.999. The zero-order valence-electron chi connectivity index (χ0n) is 13.2. The molecule has 134 valence electrons. The SMILES string of the molecule is CS(=O)(=O)N(CC(=O)NCc1ccccc1Cl)c1ccc(Cl)cc1Cl. The van der Waals surface area contributed by atoms with Crippen molar-refractivity contribution in [2.75, 3.05) is 17.1 Å². The maximum atomic E-state index is 12.2. The Labute approximate surface area is 161 Å². The van der Waals surface area contributed by atoms with Gasteiger partial charge in [-0.05, 0) is 29.8 Å². The minimum Gasteiger partial charge on any atom is -0.350 e. The molecule has 0 bridgehead atoms. The largest absolute Gasteiger partial charge is 0.350 e. The molecule has 2 rings (SSSR count). The van der Waals surface area contributed by atoms with Gasteiger partial charge in [0.25, 0.3) is 0 Å². The summed E-state index contributed by atoms with van der Waals surface area (Å²) < 4.78 is 25.1. The number of nitrogens with zero attached hydrogens (tertiary/aromatic N) is 1. The summed E-state index contributed by atoms with van der Waals surface area (Å²) >= 11 is 17.9. The second-order valence-electron chi connectivity index (χ2n) is 5.23. The number of carbonyl (C=O) groups is 1. The fourth-order valence-electron chi connectivity index (χ4n) is 2.09. The summed E-state index contributed by atoms with van der Waals surface area (Å²) in [6, 6.07) is 11.4. The zero-order chi connectivity index (χ0) is 18.6. The second kappa shape index (κ2) is 8.27. The number of carbonyl (C=O) groups excluding carboxylic acids is 1. The van der Waals surface area contributed by atoms with Gasteiger partial charge in [0.05, 0.1) is 17.0 Å². The van der Waals surface area contributed by atoms with Gasteiger partial charge in [-0.15, -0.1) is 0 Å². The highest BCUT2D eigenvalue weighted by molar-refractivity contribution is 7.92. The van der Waals surface area contributed by atoms with Crippen molar-refractivity contribution in [1.82, 2.24) is 5.32 Å². The van der Waals surface area contributed by atoms with Crippen LogP contribution in [0.25, 0.3) is 0 Å². The van der Waals surface area contributed by atoms with Gasteiger partial charge in [0.2, 0.25) is 15.9 Å². The monoisotopic (exact) mass is 420 g/mol. The minimum atomic E-state index is -3.72. The topological polar surface area (TPSA) is 66.5 Å². The van der Waals surface area contributed by atoms with Crippen LogP contribution in [0.2, 0.25) is 15.1 Å². The summed E-state index contributed by atoms with van der Waals surface area (Å²) in [6.45, 7) is -0.227. The van der Waals surface area contributed by atoms with Gasteiger partial charge < -0.3 is 5.32 Å². The van der Waals surface area contributed by atoms with E-state index < -0.39 is 22.5 Å². The first-order chi connectivity index (χ1) is 11.7. The Balaban J connectivity index is 2.15. The molecule has 2 aromatic carbocycles. The van der Waals surface area contributed by atoms with Crippen molar-refractivity contribution in [3.63, 3.8) is 0 Å². The average molecular weight is 422 g/mol. The lowest BCUT2D eigenvalue weighted by molar-refractivity contribution is -0.119. The Kier molecular flexibility index (Phi) is 6.57. The molecule has 2 aromatic rings. The van der Waals surface area contributed by atoms with E-state index in [1.165, 1.54) is 18.2 Å². The number of rotatable bonds is 6. The van der Waals surface area contributed by atoms with Crippen LogP contribution in [0.1, 0.15) is 5.56 Å². The van der Waals surface area contributed by atoms with E-state index in [4.69, 9.17) is 34.8 Å². The predicted molar refractivity (Wildman–Crippen MR) is 102 cm³/mol. The molecule has 0 fully saturated rings. The molecule has 0 aliphatic heterocycles. The first-order valence-electron chi connectivity index (χ1n) is 7.11. The van der Waals surface area contributed by atoms with Gasteiger partial charge in [-0.2, -0.15) is 0 Å². The fraction of sp³-hybridized carbons (Fsp3) is 0.188. The smallest absolute Gasteiger partial charge is 0.241 e. The quantitative estimate of drug-likeness (QED) is 0.773. The van der Waals surface area contributed by atoms with Gasteiger partial charge in [-0.25, -0.2) is 8.42 Å². The van der Waals surface area contributed by atoms with Crippen molar-refractivity contribution in [2.45, 2.75) is 6.54 Å². The Bertz CT molecular complexity index is 888. The van der Waals surface area contributed by atoms with E-state index in [0.29, 0.717) is 10.0 Å². The molecule has 0 unspecified atom stereocenters. The summed E-state index contributed by atoms with van der Waals surface area (Å²) in [7, 11) is -3.72. The Morgan fingerprint density at radius 1 is 1.08 bits per heavy atom. The second-order valence-corrected chi connectivity index (χ2v) is 8.39. The number of hydrogen-bond acceptors (Lipinski definition) is 3. The minimum absolute atomic E-state index is 0.136.